The molecule has 2 N–H and O–H groups in total. The van der Waals surface area contributed by atoms with Crippen molar-refractivity contribution >= 4 is 17.5 Å². The van der Waals surface area contributed by atoms with E-state index in [9.17, 15) is 4.79 Å². The predicted octanol–water partition coefficient (Wildman–Crippen LogP) is 4.21. The summed E-state index contributed by atoms with van der Waals surface area (Å²) in [5.41, 5.74) is 7.36. The monoisotopic (exact) mass is 245 g/mol. The largest absolute Gasteiger partial charge is 0.399 e. The fraction of sp³-hybridized carbons (Fsp3) is 0.438. The van der Waals surface area contributed by atoms with Gasteiger partial charge < -0.3 is 5.73 Å². The molecule has 0 saturated heterocycles. The predicted molar refractivity (Wildman–Crippen MR) is 78.3 cm³/mol. The minimum atomic E-state index is 0.211. The van der Waals surface area contributed by atoms with Crippen molar-refractivity contribution in [3.05, 3.63) is 35.9 Å². The van der Waals surface area contributed by atoms with Crippen molar-refractivity contribution in [2.45, 2.75) is 45.4 Å². The Morgan fingerprint density at radius 2 is 1.78 bits per heavy atom. The van der Waals surface area contributed by atoms with Crippen molar-refractivity contribution in [1.29, 1.82) is 0 Å². The Labute approximate surface area is 110 Å². The van der Waals surface area contributed by atoms with Gasteiger partial charge in [-0.1, -0.05) is 50.8 Å². The molecule has 0 amide bonds. The summed E-state index contributed by atoms with van der Waals surface area (Å²) in [6, 6.07) is 7.52. The smallest absolute Gasteiger partial charge is 0.155 e. The van der Waals surface area contributed by atoms with E-state index in [1.165, 1.54) is 19.3 Å². The minimum Gasteiger partial charge on any atom is -0.399 e. The average molecular weight is 245 g/mol. The van der Waals surface area contributed by atoms with Gasteiger partial charge in [-0.05, 0) is 30.2 Å². The lowest BCUT2D eigenvalue weighted by Gasteiger charge is -1.98. The Balaban J connectivity index is 2.25. The van der Waals surface area contributed by atoms with Crippen LogP contribution in [0.4, 0.5) is 5.69 Å². The normalized spacial score (nSPS) is 10.9. The molecule has 2 nitrogen and oxygen atoms in total. The van der Waals surface area contributed by atoms with Crippen LogP contribution >= 0.6 is 0 Å². The van der Waals surface area contributed by atoms with E-state index in [-0.39, 0.29) is 5.78 Å². The molecular formula is C16H23NO. The molecular weight excluding hydrogens is 222 g/mol. The lowest BCUT2D eigenvalue weighted by molar-refractivity contribution is -0.114. The van der Waals surface area contributed by atoms with Gasteiger partial charge in [0.1, 0.15) is 0 Å². The van der Waals surface area contributed by atoms with E-state index < -0.39 is 0 Å². The molecule has 0 fully saturated rings. The van der Waals surface area contributed by atoms with Crippen molar-refractivity contribution in [2.24, 2.45) is 0 Å². The van der Waals surface area contributed by atoms with Crippen molar-refractivity contribution in [3.63, 3.8) is 0 Å². The number of nitrogens with two attached hydrogens (primary N) is 1. The second-order valence-electron chi connectivity index (χ2n) is 4.63. The summed E-state index contributed by atoms with van der Waals surface area (Å²) in [5, 5.41) is 0. The molecule has 0 saturated carbocycles. The number of allylic oxidation sites excluding steroid dienone is 1. The summed E-state index contributed by atoms with van der Waals surface area (Å²) in [7, 11) is 0. The molecule has 0 bridgehead atoms. The van der Waals surface area contributed by atoms with Crippen LogP contribution in [0.3, 0.4) is 0 Å². The fourth-order valence-corrected chi connectivity index (χ4v) is 1.78. The van der Waals surface area contributed by atoms with Crippen LogP contribution in [0, 0.1) is 0 Å². The van der Waals surface area contributed by atoms with Gasteiger partial charge >= 0.3 is 0 Å². The van der Waals surface area contributed by atoms with Gasteiger partial charge in [0, 0.05) is 12.1 Å². The summed E-state index contributed by atoms with van der Waals surface area (Å²) in [6.07, 6.45) is 10.1. The SMILES string of the molecule is CCCCCCCC(=O)/C=C/c1ccc(N)cc1. The molecule has 0 aliphatic heterocycles. The molecule has 1 aromatic carbocycles. The van der Waals surface area contributed by atoms with Crippen LogP contribution in [0.2, 0.25) is 0 Å². The molecule has 0 atom stereocenters. The second kappa shape index (κ2) is 8.51. The van der Waals surface area contributed by atoms with Crippen LogP contribution in [-0.2, 0) is 4.79 Å². The number of ketones is 1. The molecule has 0 radical (unpaired) electrons. The van der Waals surface area contributed by atoms with Gasteiger partial charge in [-0.15, -0.1) is 0 Å². The van der Waals surface area contributed by atoms with Crippen molar-refractivity contribution in [3.8, 4) is 0 Å². The molecule has 98 valence electrons. The minimum absolute atomic E-state index is 0.211. The van der Waals surface area contributed by atoms with Crippen LogP contribution in [0.15, 0.2) is 30.3 Å². The van der Waals surface area contributed by atoms with E-state index >= 15 is 0 Å². The highest BCUT2D eigenvalue weighted by atomic mass is 16.1. The first-order valence-corrected chi connectivity index (χ1v) is 6.79. The van der Waals surface area contributed by atoms with Crippen molar-refractivity contribution in [2.75, 3.05) is 5.73 Å². The summed E-state index contributed by atoms with van der Waals surface area (Å²) >= 11 is 0. The fourth-order valence-electron chi connectivity index (χ4n) is 1.78. The average Bonchev–Trinajstić information content (AvgIpc) is 2.38. The maximum absolute atomic E-state index is 11.6. The van der Waals surface area contributed by atoms with Gasteiger partial charge in [-0.25, -0.2) is 0 Å². The number of nitrogen functional groups attached to an aromatic ring is 1. The first-order valence-electron chi connectivity index (χ1n) is 6.79. The standard InChI is InChI=1S/C16H23NO/c1-2-3-4-5-6-7-16(18)13-10-14-8-11-15(17)12-9-14/h8-13H,2-7,17H2,1H3/b13-10+. The molecule has 2 heteroatoms. The van der Waals surface area contributed by atoms with Gasteiger partial charge in [0.05, 0.1) is 0 Å². The Bertz CT molecular complexity index is 379. The lowest BCUT2D eigenvalue weighted by Crippen LogP contribution is -1.92. The third-order valence-electron chi connectivity index (χ3n) is 2.92. The summed E-state index contributed by atoms with van der Waals surface area (Å²) in [6.45, 7) is 2.19. The number of anilines is 1. The Morgan fingerprint density at radius 3 is 2.44 bits per heavy atom. The summed E-state index contributed by atoms with van der Waals surface area (Å²) in [4.78, 5) is 11.6. The Hall–Kier alpha value is -1.57. The number of benzene rings is 1. The lowest BCUT2D eigenvalue weighted by atomic mass is 10.1. The van der Waals surface area contributed by atoms with Crippen LogP contribution in [-0.4, -0.2) is 5.78 Å². The molecule has 0 heterocycles. The third kappa shape index (κ3) is 6.24. The molecule has 0 aromatic heterocycles. The molecule has 1 aromatic rings. The van der Waals surface area contributed by atoms with Crippen molar-refractivity contribution < 1.29 is 4.79 Å². The highest BCUT2D eigenvalue weighted by Gasteiger charge is 1.97. The van der Waals surface area contributed by atoms with E-state index in [1.807, 2.05) is 30.3 Å². The van der Waals surface area contributed by atoms with E-state index in [0.29, 0.717) is 6.42 Å². The quantitative estimate of drug-likeness (QED) is 0.423. The highest BCUT2D eigenvalue weighted by Crippen LogP contribution is 2.09. The van der Waals surface area contributed by atoms with Gasteiger partial charge in [-0.3, -0.25) is 4.79 Å². The molecule has 0 aliphatic rings. The van der Waals surface area contributed by atoms with Crippen LogP contribution in [0.5, 0.6) is 0 Å². The molecule has 0 spiro atoms. The zero-order valence-corrected chi connectivity index (χ0v) is 11.2. The molecule has 18 heavy (non-hydrogen) atoms. The third-order valence-corrected chi connectivity index (χ3v) is 2.92. The van der Waals surface area contributed by atoms with E-state index in [2.05, 4.69) is 6.92 Å². The highest BCUT2D eigenvalue weighted by molar-refractivity contribution is 5.93. The van der Waals surface area contributed by atoms with Gasteiger partial charge in [-0.2, -0.15) is 0 Å². The first kappa shape index (κ1) is 14.5. The number of rotatable bonds is 8. The Kier molecular flexibility index (Phi) is 6.85. The number of hydrogen-bond donors (Lipinski definition) is 1. The van der Waals surface area contributed by atoms with Gasteiger partial charge in [0.15, 0.2) is 5.78 Å². The molecule has 1 rings (SSSR count). The van der Waals surface area contributed by atoms with E-state index in [4.69, 9.17) is 5.73 Å². The number of hydrogen-bond acceptors (Lipinski definition) is 2. The number of unbranched alkanes of at least 4 members (excludes halogenated alkanes) is 4. The second-order valence-corrected chi connectivity index (χ2v) is 4.63. The zero-order chi connectivity index (χ0) is 13.2. The first-order chi connectivity index (χ1) is 8.72. The number of carbonyl (C=O) groups is 1. The maximum Gasteiger partial charge on any atom is 0.155 e. The Morgan fingerprint density at radius 1 is 1.11 bits per heavy atom. The van der Waals surface area contributed by atoms with Crippen LogP contribution in [0.1, 0.15) is 51.0 Å². The molecule has 0 unspecified atom stereocenters. The summed E-state index contributed by atoms with van der Waals surface area (Å²) in [5.74, 6) is 0.211. The maximum atomic E-state index is 11.6. The van der Waals surface area contributed by atoms with Gasteiger partial charge in [0.2, 0.25) is 0 Å². The molecule has 0 aliphatic carbocycles. The number of carbonyl (C=O) groups excluding carboxylic acids is 1. The summed E-state index contributed by atoms with van der Waals surface area (Å²) < 4.78 is 0. The van der Waals surface area contributed by atoms with Crippen molar-refractivity contribution in [1.82, 2.24) is 0 Å². The van der Waals surface area contributed by atoms with Crippen LogP contribution in [0.25, 0.3) is 6.08 Å². The van der Waals surface area contributed by atoms with Gasteiger partial charge in [0.25, 0.3) is 0 Å². The zero-order valence-electron chi connectivity index (χ0n) is 11.2. The van der Waals surface area contributed by atoms with E-state index in [0.717, 1.165) is 24.1 Å². The van der Waals surface area contributed by atoms with Crippen LogP contribution < -0.4 is 5.73 Å². The topological polar surface area (TPSA) is 43.1 Å². The van der Waals surface area contributed by atoms with E-state index in [1.54, 1.807) is 6.08 Å².